The molecule has 128 valence electrons. The highest BCUT2D eigenvalue weighted by Crippen LogP contribution is 2.24. The lowest BCUT2D eigenvalue weighted by Crippen LogP contribution is -2.15. The number of carbonyl (C=O) groups is 1. The lowest BCUT2D eigenvalue weighted by molar-refractivity contribution is -0.115. The van der Waals surface area contributed by atoms with Crippen LogP contribution < -0.4 is 19.9 Å². The Kier molecular flexibility index (Phi) is 5.42. The molecule has 0 aromatic heterocycles. The molecule has 0 heterocycles. The number of nitrogens with one attached hydrogen (secondary N) is 1. The van der Waals surface area contributed by atoms with Gasteiger partial charge in [-0.05, 0) is 42.5 Å². The van der Waals surface area contributed by atoms with Crippen molar-refractivity contribution < 1.29 is 22.7 Å². The molecule has 1 amide bonds. The first-order valence-electron chi connectivity index (χ1n) is 6.97. The molecule has 24 heavy (non-hydrogen) atoms. The zero-order chi connectivity index (χ0) is 17.7. The van der Waals surface area contributed by atoms with Crippen LogP contribution in [0.2, 0.25) is 0 Å². The third-order valence-electron chi connectivity index (χ3n) is 3.31. The Balaban J connectivity index is 2.11. The van der Waals surface area contributed by atoms with E-state index >= 15 is 0 Å². The number of amides is 1. The molecule has 0 aliphatic carbocycles. The van der Waals surface area contributed by atoms with Gasteiger partial charge in [0.2, 0.25) is 15.9 Å². The number of sulfonamides is 1. The van der Waals surface area contributed by atoms with Crippen molar-refractivity contribution in [1.82, 2.24) is 0 Å². The molecule has 0 unspecified atom stereocenters. The van der Waals surface area contributed by atoms with Crippen molar-refractivity contribution in [3.05, 3.63) is 48.0 Å². The molecule has 0 aliphatic rings. The summed E-state index contributed by atoms with van der Waals surface area (Å²) < 4.78 is 32.8. The van der Waals surface area contributed by atoms with Gasteiger partial charge < -0.3 is 14.8 Å². The SMILES string of the molecule is COc1ccc(OC)c(CC(=O)Nc2ccc(S(N)(=O)=O)cc2)c1. The molecule has 0 spiro atoms. The molecule has 0 fully saturated rings. The predicted octanol–water partition coefficient (Wildman–Crippen LogP) is 1.53. The summed E-state index contributed by atoms with van der Waals surface area (Å²) in [5.41, 5.74) is 1.14. The number of hydrogen-bond acceptors (Lipinski definition) is 5. The molecule has 0 saturated heterocycles. The molecular formula is C16H18N2O5S. The van der Waals surface area contributed by atoms with Crippen LogP contribution in [0.3, 0.4) is 0 Å². The Morgan fingerprint density at radius 2 is 1.75 bits per heavy atom. The van der Waals surface area contributed by atoms with Crippen LogP contribution >= 0.6 is 0 Å². The summed E-state index contributed by atoms with van der Waals surface area (Å²) in [6.07, 6.45) is 0.0807. The summed E-state index contributed by atoms with van der Waals surface area (Å²) in [6, 6.07) is 10.8. The van der Waals surface area contributed by atoms with Gasteiger partial charge in [0.1, 0.15) is 11.5 Å². The van der Waals surface area contributed by atoms with E-state index in [1.54, 1.807) is 25.3 Å². The normalized spacial score (nSPS) is 11.0. The number of primary sulfonamides is 1. The van der Waals surface area contributed by atoms with Crippen molar-refractivity contribution in [2.24, 2.45) is 5.14 Å². The number of nitrogens with two attached hydrogens (primary N) is 1. The average molecular weight is 350 g/mol. The van der Waals surface area contributed by atoms with E-state index in [2.05, 4.69) is 5.32 Å². The van der Waals surface area contributed by atoms with Crippen LogP contribution in [0.5, 0.6) is 11.5 Å². The highest BCUT2D eigenvalue weighted by Gasteiger charge is 2.12. The second kappa shape index (κ2) is 7.33. The van der Waals surface area contributed by atoms with Gasteiger partial charge in [-0.25, -0.2) is 13.6 Å². The lowest BCUT2D eigenvalue weighted by Gasteiger charge is -2.11. The largest absolute Gasteiger partial charge is 0.497 e. The molecule has 0 atom stereocenters. The smallest absolute Gasteiger partial charge is 0.238 e. The number of ether oxygens (including phenoxy) is 2. The van der Waals surface area contributed by atoms with Crippen molar-refractivity contribution in [3.63, 3.8) is 0 Å². The van der Waals surface area contributed by atoms with Crippen molar-refractivity contribution >= 4 is 21.6 Å². The van der Waals surface area contributed by atoms with Gasteiger partial charge in [0, 0.05) is 11.3 Å². The number of anilines is 1. The number of rotatable bonds is 6. The van der Waals surface area contributed by atoms with E-state index in [1.807, 2.05) is 0 Å². The van der Waals surface area contributed by atoms with Crippen LogP contribution in [0.15, 0.2) is 47.4 Å². The van der Waals surface area contributed by atoms with Crippen LogP contribution in [0.25, 0.3) is 0 Å². The summed E-state index contributed by atoms with van der Waals surface area (Å²) in [5.74, 6) is 0.927. The molecule has 2 aromatic carbocycles. The summed E-state index contributed by atoms with van der Waals surface area (Å²) in [5, 5.41) is 7.72. The van der Waals surface area contributed by atoms with E-state index in [0.29, 0.717) is 22.7 Å². The van der Waals surface area contributed by atoms with E-state index in [1.165, 1.54) is 31.4 Å². The monoisotopic (exact) mass is 350 g/mol. The minimum Gasteiger partial charge on any atom is -0.497 e. The third-order valence-corrected chi connectivity index (χ3v) is 4.23. The molecule has 0 aliphatic heterocycles. The van der Waals surface area contributed by atoms with Gasteiger partial charge in [-0.3, -0.25) is 4.79 Å². The molecule has 2 rings (SSSR count). The van der Waals surface area contributed by atoms with E-state index in [4.69, 9.17) is 14.6 Å². The maximum absolute atomic E-state index is 12.2. The standard InChI is InChI=1S/C16H18N2O5S/c1-22-13-5-8-15(23-2)11(9-13)10-16(19)18-12-3-6-14(7-4-12)24(17,20)21/h3-9H,10H2,1-2H3,(H,18,19)(H2,17,20,21). The Labute approximate surface area is 140 Å². The number of benzene rings is 2. The summed E-state index contributed by atoms with van der Waals surface area (Å²) in [6.45, 7) is 0. The fourth-order valence-electron chi connectivity index (χ4n) is 2.13. The zero-order valence-electron chi connectivity index (χ0n) is 13.3. The van der Waals surface area contributed by atoms with Crippen molar-refractivity contribution in [2.75, 3.05) is 19.5 Å². The zero-order valence-corrected chi connectivity index (χ0v) is 14.1. The highest BCUT2D eigenvalue weighted by molar-refractivity contribution is 7.89. The van der Waals surface area contributed by atoms with Gasteiger partial charge in [0.15, 0.2) is 0 Å². The van der Waals surface area contributed by atoms with Crippen LogP contribution in [-0.4, -0.2) is 28.5 Å². The Bertz CT molecular complexity index is 832. The Morgan fingerprint density at radius 3 is 2.29 bits per heavy atom. The Morgan fingerprint density at radius 1 is 1.08 bits per heavy atom. The molecule has 8 heteroatoms. The quantitative estimate of drug-likeness (QED) is 0.821. The maximum atomic E-state index is 12.2. The molecule has 2 aromatic rings. The second-order valence-corrected chi connectivity index (χ2v) is 6.53. The number of methoxy groups -OCH3 is 2. The van der Waals surface area contributed by atoms with E-state index in [0.717, 1.165) is 0 Å². The van der Waals surface area contributed by atoms with Gasteiger partial charge in [0.25, 0.3) is 0 Å². The highest BCUT2D eigenvalue weighted by atomic mass is 32.2. The minimum atomic E-state index is -3.76. The summed E-state index contributed by atoms with van der Waals surface area (Å²) in [4.78, 5) is 12.2. The van der Waals surface area contributed by atoms with E-state index in [9.17, 15) is 13.2 Å². The Hall–Kier alpha value is -2.58. The van der Waals surface area contributed by atoms with Crippen LogP contribution in [0.4, 0.5) is 5.69 Å². The van der Waals surface area contributed by atoms with Gasteiger partial charge in [-0.1, -0.05) is 0 Å². The summed E-state index contributed by atoms with van der Waals surface area (Å²) in [7, 11) is -0.693. The first kappa shape index (κ1) is 17.8. The van der Waals surface area contributed by atoms with Gasteiger partial charge in [-0.2, -0.15) is 0 Å². The van der Waals surface area contributed by atoms with E-state index < -0.39 is 10.0 Å². The fraction of sp³-hybridized carbons (Fsp3) is 0.188. The lowest BCUT2D eigenvalue weighted by atomic mass is 10.1. The topological polar surface area (TPSA) is 108 Å². The number of carbonyl (C=O) groups excluding carboxylic acids is 1. The van der Waals surface area contributed by atoms with E-state index in [-0.39, 0.29) is 17.2 Å². The van der Waals surface area contributed by atoms with Gasteiger partial charge in [0.05, 0.1) is 25.5 Å². The molecule has 0 radical (unpaired) electrons. The van der Waals surface area contributed by atoms with Crippen molar-refractivity contribution in [1.29, 1.82) is 0 Å². The number of hydrogen-bond donors (Lipinski definition) is 2. The molecule has 0 bridgehead atoms. The second-order valence-electron chi connectivity index (χ2n) is 4.97. The summed E-state index contributed by atoms with van der Waals surface area (Å²) >= 11 is 0. The first-order valence-corrected chi connectivity index (χ1v) is 8.51. The predicted molar refractivity (Wildman–Crippen MR) is 89.7 cm³/mol. The van der Waals surface area contributed by atoms with Crippen molar-refractivity contribution in [3.8, 4) is 11.5 Å². The average Bonchev–Trinajstić information content (AvgIpc) is 2.54. The molecular weight excluding hydrogens is 332 g/mol. The van der Waals surface area contributed by atoms with Gasteiger partial charge in [-0.15, -0.1) is 0 Å². The molecule has 3 N–H and O–H groups in total. The third kappa shape index (κ3) is 4.46. The van der Waals surface area contributed by atoms with Crippen LogP contribution in [-0.2, 0) is 21.2 Å². The van der Waals surface area contributed by atoms with Crippen LogP contribution in [0.1, 0.15) is 5.56 Å². The fourth-order valence-corrected chi connectivity index (χ4v) is 2.64. The molecule has 7 nitrogen and oxygen atoms in total. The maximum Gasteiger partial charge on any atom is 0.238 e. The first-order chi connectivity index (χ1) is 11.3. The minimum absolute atomic E-state index is 0.0186. The van der Waals surface area contributed by atoms with Crippen LogP contribution in [0, 0.1) is 0 Å². The van der Waals surface area contributed by atoms with Crippen molar-refractivity contribution in [2.45, 2.75) is 11.3 Å². The van der Waals surface area contributed by atoms with Gasteiger partial charge >= 0.3 is 0 Å². The molecule has 0 saturated carbocycles.